The fourth-order valence-electron chi connectivity index (χ4n) is 1.61. The van der Waals surface area contributed by atoms with Crippen molar-refractivity contribution in [3.63, 3.8) is 0 Å². The van der Waals surface area contributed by atoms with Gasteiger partial charge in [-0.25, -0.2) is 0 Å². The molecule has 2 heteroatoms. The summed E-state index contributed by atoms with van der Waals surface area (Å²) in [5.41, 5.74) is 0. The molecule has 1 aliphatic heterocycles. The highest BCUT2D eigenvalue weighted by Gasteiger charge is 2.32. The van der Waals surface area contributed by atoms with Crippen LogP contribution in [0.3, 0.4) is 0 Å². The van der Waals surface area contributed by atoms with Crippen LogP contribution in [0.1, 0.15) is 33.6 Å². The maximum absolute atomic E-state index is 11.2. The Balaban J connectivity index is 2.43. The predicted molar refractivity (Wildman–Crippen MR) is 45.2 cm³/mol. The monoisotopic (exact) mass is 155 g/mol. The zero-order valence-electron chi connectivity index (χ0n) is 7.63. The van der Waals surface area contributed by atoms with Gasteiger partial charge in [-0.2, -0.15) is 0 Å². The molecule has 0 radical (unpaired) electrons. The van der Waals surface area contributed by atoms with Gasteiger partial charge in [-0.1, -0.05) is 20.8 Å². The molecule has 1 saturated heterocycles. The molecule has 2 nitrogen and oxygen atoms in total. The lowest BCUT2D eigenvalue weighted by molar-refractivity contribution is -0.140. The van der Waals surface area contributed by atoms with E-state index in [1.807, 2.05) is 11.8 Å². The van der Waals surface area contributed by atoms with Crippen LogP contribution in [-0.2, 0) is 4.79 Å². The van der Waals surface area contributed by atoms with E-state index in [4.69, 9.17) is 0 Å². The molecule has 0 N–H and O–H groups in total. The van der Waals surface area contributed by atoms with E-state index in [1.165, 1.54) is 6.42 Å². The SMILES string of the molecule is CCC(=O)N1CCC1C(C)C. The van der Waals surface area contributed by atoms with E-state index < -0.39 is 0 Å². The molecule has 0 saturated carbocycles. The highest BCUT2D eigenvalue weighted by molar-refractivity contribution is 5.77. The molecule has 1 atom stereocenters. The van der Waals surface area contributed by atoms with Gasteiger partial charge in [0.1, 0.15) is 0 Å². The van der Waals surface area contributed by atoms with Crippen LogP contribution in [-0.4, -0.2) is 23.4 Å². The van der Waals surface area contributed by atoms with Crippen molar-refractivity contribution < 1.29 is 4.79 Å². The van der Waals surface area contributed by atoms with Crippen LogP contribution in [0.5, 0.6) is 0 Å². The van der Waals surface area contributed by atoms with Crippen molar-refractivity contribution >= 4 is 5.91 Å². The van der Waals surface area contributed by atoms with Crippen LogP contribution in [0.2, 0.25) is 0 Å². The molecule has 0 aliphatic carbocycles. The average molecular weight is 155 g/mol. The first-order valence-corrected chi connectivity index (χ1v) is 4.46. The van der Waals surface area contributed by atoms with Gasteiger partial charge in [0.05, 0.1) is 0 Å². The fourth-order valence-corrected chi connectivity index (χ4v) is 1.61. The third-order valence-electron chi connectivity index (χ3n) is 2.46. The molecule has 64 valence electrons. The molecular formula is C9H17NO. The van der Waals surface area contributed by atoms with E-state index in [2.05, 4.69) is 13.8 Å². The number of hydrogen-bond donors (Lipinski definition) is 0. The molecule has 1 heterocycles. The summed E-state index contributed by atoms with van der Waals surface area (Å²) in [6.45, 7) is 7.27. The lowest BCUT2D eigenvalue weighted by atomic mass is 9.91. The van der Waals surface area contributed by atoms with Crippen molar-refractivity contribution in [1.29, 1.82) is 0 Å². The molecule has 11 heavy (non-hydrogen) atoms. The molecule has 1 amide bonds. The molecule has 0 spiro atoms. The van der Waals surface area contributed by atoms with E-state index in [9.17, 15) is 4.79 Å². The predicted octanol–water partition coefficient (Wildman–Crippen LogP) is 1.65. The van der Waals surface area contributed by atoms with Gasteiger partial charge in [0.15, 0.2) is 0 Å². The number of amides is 1. The highest BCUT2D eigenvalue weighted by atomic mass is 16.2. The van der Waals surface area contributed by atoms with Gasteiger partial charge in [0, 0.05) is 19.0 Å². The van der Waals surface area contributed by atoms with Gasteiger partial charge in [0.25, 0.3) is 0 Å². The van der Waals surface area contributed by atoms with Crippen LogP contribution >= 0.6 is 0 Å². The highest BCUT2D eigenvalue weighted by Crippen LogP contribution is 2.24. The molecule has 1 fully saturated rings. The molecule has 0 aromatic carbocycles. The minimum Gasteiger partial charge on any atom is -0.339 e. The van der Waals surface area contributed by atoms with Crippen molar-refractivity contribution in [2.24, 2.45) is 5.92 Å². The molecule has 1 aliphatic rings. The Bertz CT molecular complexity index is 154. The Morgan fingerprint density at radius 3 is 2.55 bits per heavy atom. The summed E-state index contributed by atoms with van der Waals surface area (Å²) in [6, 6.07) is 0.530. The van der Waals surface area contributed by atoms with Crippen molar-refractivity contribution in [2.75, 3.05) is 6.54 Å². The Hall–Kier alpha value is -0.530. The second-order valence-corrected chi connectivity index (χ2v) is 3.54. The van der Waals surface area contributed by atoms with Crippen LogP contribution in [0.25, 0.3) is 0 Å². The van der Waals surface area contributed by atoms with Gasteiger partial charge in [-0.15, -0.1) is 0 Å². The lowest BCUT2D eigenvalue weighted by Gasteiger charge is -2.43. The summed E-state index contributed by atoms with van der Waals surface area (Å²) in [4.78, 5) is 13.2. The van der Waals surface area contributed by atoms with Crippen LogP contribution < -0.4 is 0 Å². The first kappa shape index (κ1) is 8.57. The molecule has 1 rings (SSSR count). The topological polar surface area (TPSA) is 20.3 Å². The van der Waals surface area contributed by atoms with Gasteiger partial charge in [-0.3, -0.25) is 4.79 Å². The number of carbonyl (C=O) groups is 1. The summed E-state index contributed by atoms with van der Waals surface area (Å²) in [5, 5.41) is 0. The van der Waals surface area contributed by atoms with Crippen LogP contribution in [0.15, 0.2) is 0 Å². The van der Waals surface area contributed by atoms with Gasteiger partial charge >= 0.3 is 0 Å². The maximum atomic E-state index is 11.2. The molecule has 0 bridgehead atoms. The Morgan fingerprint density at radius 2 is 2.27 bits per heavy atom. The van der Waals surface area contributed by atoms with Gasteiger partial charge < -0.3 is 4.90 Å². The van der Waals surface area contributed by atoms with Crippen LogP contribution in [0.4, 0.5) is 0 Å². The number of nitrogens with zero attached hydrogens (tertiary/aromatic N) is 1. The van der Waals surface area contributed by atoms with Gasteiger partial charge in [-0.05, 0) is 12.3 Å². The van der Waals surface area contributed by atoms with E-state index in [-0.39, 0.29) is 0 Å². The van der Waals surface area contributed by atoms with Crippen molar-refractivity contribution in [2.45, 2.75) is 39.7 Å². The lowest BCUT2D eigenvalue weighted by Crippen LogP contribution is -2.53. The zero-order valence-corrected chi connectivity index (χ0v) is 7.63. The summed E-state index contributed by atoms with van der Waals surface area (Å²) in [6.07, 6.45) is 1.85. The smallest absolute Gasteiger partial charge is 0.222 e. The van der Waals surface area contributed by atoms with E-state index in [0.717, 1.165) is 6.54 Å². The minimum atomic E-state index is 0.315. The second-order valence-electron chi connectivity index (χ2n) is 3.54. The first-order chi connectivity index (χ1) is 5.16. The number of carbonyl (C=O) groups excluding carboxylic acids is 1. The van der Waals surface area contributed by atoms with E-state index in [1.54, 1.807) is 0 Å². The van der Waals surface area contributed by atoms with E-state index >= 15 is 0 Å². The normalized spacial score (nSPS) is 23.6. The summed E-state index contributed by atoms with van der Waals surface area (Å²) >= 11 is 0. The molecule has 1 unspecified atom stereocenters. The van der Waals surface area contributed by atoms with Crippen LogP contribution in [0, 0.1) is 5.92 Å². The Labute approximate surface area is 68.6 Å². The van der Waals surface area contributed by atoms with E-state index in [0.29, 0.717) is 24.3 Å². The zero-order chi connectivity index (χ0) is 8.43. The summed E-state index contributed by atoms with van der Waals surface area (Å²) < 4.78 is 0. The average Bonchev–Trinajstić information content (AvgIpc) is 1.83. The van der Waals surface area contributed by atoms with Crippen molar-refractivity contribution in [1.82, 2.24) is 4.90 Å². The summed E-state index contributed by atoms with van der Waals surface area (Å²) in [7, 11) is 0. The van der Waals surface area contributed by atoms with Crippen molar-refractivity contribution in [3.05, 3.63) is 0 Å². The van der Waals surface area contributed by atoms with Crippen molar-refractivity contribution in [3.8, 4) is 0 Å². The molecule has 0 aromatic rings. The number of hydrogen-bond acceptors (Lipinski definition) is 1. The quantitative estimate of drug-likeness (QED) is 0.594. The molecular weight excluding hydrogens is 138 g/mol. The maximum Gasteiger partial charge on any atom is 0.222 e. The third-order valence-corrected chi connectivity index (χ3v) is 2.46. The first-order valence-electron chi connectivity index (χ1n) is 4.46. The standard InChI is InChI=1S/C9H17NO/c1-4-9(11)10-6-5-8(10)7(2)3/h7-8H,4-6H2,1-3H3. The number of rotatable bonds is 2. The third kappa shape index (κ3) is 1.55. The fraction of sp³-hybridized carbons (Fsp3) is 0.889. The molecule has 0 aromatic heterocycles. The van der Waals surface area contributed by atoms with Gasteiger partial charge in [0.2, 0.25) is 5.91 Å². The minimum absolute atomic E-state index is 0.315. The Morgan fingerprint density at radius 1 is 1.64 bits per heavy atom. The number of likely N-dealkylation sites (tertiary alicyclic amines) is 1. The summed E-state index contributed by atoms with van der Waals surface area (Å²) in [5.74, 6) is 0.939. The Kier molecular flexibility index (Phi) is 2.53. The second kappa shape index (κ2) is 3.24. The largest absolute Gasteiger partial charge is 0.339 e.